The first kappa shape index (κ1) is 11.0. The summed E-state index contributed by atoms with van der Waals surface area (Å²) >= 11 is 1.76. The monoisotopic (exact) mass is 231 g/mol. The zero-order chi connectivity index (χ0) is 11.2. The molecule has 0 aromatic carbocycles. The molecule has 0 bridgehead atoms. The van der Waals surface area contributed by atoms with E-state index in [1.807, 2.05) is 31.4 Å². The van der Waals surface area contributed by atoms with E-state index < -0.39 is 0 Å². The summed E-state index contributed by atoms with van der Waals surface area (Å²) in [5, 5.41) is 3.11. The Hall–Kier alpha value is -1.55. The Morgan fingerprint density at radius 2 is 2.00 bits per heavy atom. The van der Waals surface area contributed by atoms with E-state index in [9.17, 15) is 0 Å². The van der Waals surface area contributed by atoms with Gasteiger partial charge in [0.2, 0.25) is 0 Å². The molecule has 1 N–H and O–H groups in total. The highest BCUT2D eigenvalue weighted by atomic mass is 32.2. The van der Waals surface area contributed by atoms with Gasteiger partial charge >= 0.3 is 0 Å². The predicted octanol–water partition coefficient (Wildman–Crippen LogP) is 2.81. The fourth-order valence-electron chi connectivity index (χ4n) is 1.30. The van der Waals surface area contributed by atoms with Crippen molar-refractivity contribution in [2.45, 2.75) is 10.6 Å². The molecule has 0 aliphatic carbocycles. The minimum Gasteiger partial charge on any atom is -0.388 e. The number of anilines is 1. The smallest absolute Gasteiger partial charge is 0.0526 e. The first-order valence-electron chi connectivity index (χ1n) is 5.04. The van der Waals surface area contributed by atoms with Crippen LogP contribution in [0.5, 0.6) is 0 Å². The van der Waals surface area contributed by atoms with Gasteiger partial charge in [0.25, 0.3) is 0 Å². The van der Waals surface area contributed by atoms with Gasteiger partial charge in [-0.15, -0.1) is 11.8 Å². The maximum atomic E-state index is 4.33. The first-order chi connectivity index (χ1) is 7.88. The van der Waals surface area contributed by atoms with Gasteiger partial charge in [-0.3, -0.25) is 9.97 Å². The van der Waals surface area contributed by atoms with Crippen molar-refractivity contribution in [3.8, 4) is 0 Å². The number of nitrogens with zero attached hydrogens (tertiary/aromatic N) is 2. The van der Waals surface area contributed by atoms with Crippen molar-refractivity contribution in [2.24, 2.45) is 0 Å². The van der Waals surface area contributed by atoms with Crippen LogP contribution in [0.4, 0.5) is 5.69 Å². The van der Waals surface area contributed by atoms with Crippen LogP contribution < -0.4 is 5.32 Å². The molecule has 2 heterocycles. The highest BCUT2D eigenvalue weighted by molar-refractivity contribution is 7.98. The lowest BCUT2D eigenvalue weighted by atomic mass is 10.3. The van der Waals surface area contributed by atoms with Crippen molar-refractivity contribution in [3.63, 3.8) is 0 Å². The molecule has 16 heavy (non-hydrogen) atoms. The molecule has 0 aliphatic heterocycles. The molecule has 0 saturated heterocycles. The summed E-state index contributed by atoms with van der Waals surface area (Å²) in [6.07, 6.45) is 5.44. The van der Waals surface area contributed by atoms with Gasteiger partial charge in [0.05, 0.1) is 5.69 Å². The summed E-state index contributed by atoms with van der Waals surface area (Å²) in [6, 6.07) is 8.04. The molecule has 0 aliphatic rings. The van der Waals surface area contributed by atoms with Gasteiger partial charge < -0.3 is 5.32 Å². The molecule has 0 radical (unpaired) electrons. The third-order valence-electron chi connectivity index (χ3n) is 2.14. The van der Waals surface area contributed by atoms with Crippen molar-refractivity contribution < 1.29 is 0 Å². The van der Waals surface area contributed by atoms with Crippen molar-refractivity contribution >= 4 is 17.4 Å². The molecule has 0 amide bonds. The lowest BCUT2D eigenvalue weighted by molar-refractivity contribution is 1.17. The first-order valence-corrected chi connectivity index (χ1v) is 6.02. The van der Waals surface area contributed by atoms with Crippen LogP contribution in [0.15, 0.2) is 47.8 Å². The van der Waals surface area contributed by atoms with Crippen LogP contribution in [-0.4, -0.2) is 17.0 Å². The fraction of sp³-hybridized carbons (Fsp3) is 0.167. The number of hydrogen-bond donors (Lipinski definition) is 1. The Morgan fingerprint density at radius 1 is 1.19 bits per heavy atom. The van der Waals surface area contributed by atoms with Gasteiger partial charge in [-0.25, -0.2) is 0 Å². The van der Waals surface area contributed by atoms with Gasteiger partial charge in [0.15, 0.2) is 0 Å². The Labute approximate surface area is 99.3 Å². The molecule has 82 valence electrons. The molecule has 0 saturated carbocycles. The van der Waals surface area contributed by atoms with Crippen LogP contribution in [-0.2, 0) is 5.75 Å². The van der Waals surface area contributed by atoms with Gasteiger partial charge in [0.1, 0.15) is 0 Å². The second-order valence-electron chi connectivity index (χ2n) is 3.26. The van der Waals surface area contributed by atoms with E-state index in [4.69, 9.17) is 0 Å². The normalized spacial score (nSPS) is 10.1. The largest absolute Gasteiger partial charge is 0.388 e. The lowest BCUT2D eigenvalue weighted by Gasteiger charge is -2.03. The van der Waals surface area contributed by atoms with E-state index in [1.165, 1.54) is 4.90 Å². The van der Waals surface area contributed by atoms with E-state index >= 15 is 0 Å². The van der Waals surface area contributed by atoms with Crippen LogP contribution >= 0.6 is 11.8 Å². The van der Waals surface area contributed by atoms with E-state index in [0.29, 0.717) is 0 Å². The predicted molar refractivity (Wildman–Crippen MR) is 67.6 cm³/mol. The molecular formula is C12H13N3S. The average Bonchev–Trinajstić information content (AvgIpc) is 2.38. The SMILES string of the molecule is CNc1ccnc(CSc2ccncc2)c1. The highest BCUT2D eigenvalue weighted by Gasteiger charge is 1.98. The number of hydrogen-bond acceptors (Lipinski definition) is 4. The Bertz CT molecular complexity index is 445. The third-order valence-corrected chi connectivity index (χ3v) is 3.19. The summed E-state index contributed by atoms with van der Waals surface area (Å²) < 4.78 is 0. The van der Waals surface area contributed by atoms with E-state index in [1.54, 1.807) is 24.2 Å². The number of aromatic nitrogens is 2. The summed E-state index contributed by atoms with van der Waals surface area (Å²) in [5.74, 6) is 0.875. The number of pyridine rings is 2. The highest BCUT2D eigenvalue weighted by Crippen LogP contribution is 2.21. The Morgan fingerprint density at radius 3 is 2.75 bits per heavy atom. The van der Waals surface area contributed by atoms with Crippen LogP contribution in [0.25, 0.3) is 0 Å². The maximum Gasteiger partial charge on any atom is 0.0526 e. The summed E-state index contributed by atoms with van der Waals surface area (Å²) in [4.78, 5) is 9.53. The molecule has 2 aromatic rings. The van der Waals surface area contributed by atoms with Crippen LogP contribution in [0, 0.1) is 0 Å². The maximum absolute atomic E-state index is 4.33. The van der Waals surface area contributed by atoms with E-state index in [0.717, 1.165) is 17.1 Å². The molecule has 0 atom stereocenters. The van der Waals surface area contributed by atoms with Gasteiger partial charge in [-0.1, -0.05) is 0 Å². The molecule has 0 unspecified atom stereocenters. The van der Waals surface area contributed by atoms with Gasteiger partial charge in [0, 0.05) is 42.0 Å². The second kappa shape index (κ2) is 5.51. The fourth-order valence-corrected chi connectivity index (χ4v) is 2.09. The van der Waals surface area contributed by atoms with E-state index in [-0.39, 0.29) is 0 Å². The van der Waals surface area contributed by atoms with Crippen LogP contribution in [0.3, 0.4) is 0 Å². The standard InChI is InChI=1S/C12H13N3S/c1-13-10-2-7-15-11(8-10)9-16-12-3-5-14-6-4-12/h2-8H,9H2,1H3,(H,13,15). The molecular weight excluding hydrogens is 218 g/mol. The summed E-state index contributed by atoms with van der Waals surface area (Å²) in [5.41, 5.74) is 2.17. The topological polar surface area (TPSA) is 37.8 Å². The van der Waals surface area contributed by atoms with Crippen molar-refractivity contribution in [2.75, 3.05) is 12.4 Å². The average molecular weight is 231 g/mol. The van der Waals surface area contributed by atoms with Crippen molar-refractivity contribution in [1.82, 2.24) is 9.97 Å². The summed E-state index contributed by atoms with van der Waals surface area (Å²) in [7, 11) is 1.91. The van der Waals surface area contributed by atoms with Crippen LogP contribution in [0.1, 0.15) is 5.69 Å². The summed E-state index contributed by atoms with van der Waals surface area (Å²) in [6.45, 7) is 0. The minimum absolute atomic E-state index is 0.875. The minimum atomic E-state index is 0.875. The zero-order valence-corrected chi connectivity index (χ0v) is 9.87. The van der Waals surface area contributed by atoms with Gasteiger partial charge in [-0.05, 0) is 24.3 Å². The van der Waals surface area contributed by atoms with Crippen molar-refractivity contribution in [3.05, 3.63) is 48.5 Å². The van der Waals surface area contributed by atoms with Gasteiger partial charge in [-0.2, -0.15) is 0 Å². The second-order valence-corrected chi connectivity index (χ2v) is 4.31. The Kier molecular flexibility index (Phi) is 3.77. The number of nitrogens with one attached hydrogen (secondary N) is 1. The van der Waals surface area contributed by atoms with E-state index in [2.05, 4.69) is 21.4 Å². The van der Waals surface area contributed by atoms with Crippen molar-refractivity contribution in [1.29, 1.82) is 0 Å². The Balaban J connectivity index is 1.99. The molecule has 4 heteroatoms. The molecule has 2 aromatic heterocycles. The number of thioether (sulfide) groups is 1. The third kappa shape index (κ3) is 2.97. The lowest BCUT2D eigenvalue weighted by Crippen LogP contribution is -1.92. The zero-order valence-electron chi connectivity index (χ0n) is 9.05. The molecule has 0 fully saturated rings. The number of rotatable bonds is 4. The molecule has 3 nitrogen and oxygen atoms in total. The van der Waals surface area contributed by atoms with Crippen LogP contribution in [0.2, 0.25) is 0 Å². The molecule has 0 spiro atoms. The quantitative estimate of drug-likeness (QED) is 0.821. The molecule has 2 rings (SSSR count).